The van der Waals surface area contributed by atoms with Crippen LogP contribution in [0.15, 0.2) is 0 Å². The zero-order valence-electron chi connectivity index (χ0n) is 7.20. The highest BCUT2D eigenvalue weighted by molar-refractivity contribution is 7.99. The maximum atomic E-state index is 9.38. The van der Waals surface area contributed by atoms with Gasteiger partial charge in [-0.15, -0.1) is 11.8 Å². The molecule has 4 N–H and O–H groups in total. The van der Waals surface area contributed by atoms with Gasteiger partial charge in [-0.25, -0.2) is 0 Å². The fourth-order valence-corrected chi connectivity index (χ4v) is 1.96. The van der Waals surface area contributed by atoms with Crippen LogP contribution in [0.3, 0.4) is 0 Å². The van der Waals surface area contributed by atoms with E-state index < -0.39 is 29.9 Å². The molecule has 1 fully saturated rings. The highest BCUT2D eigenvalue weighted by Gasteiger charge is 2.42. The Hall–Kier alpha value is 0.150. The SMILES string of the molecule is CS[C@@H]1O[C@@H](CO)[C@H](O)[C@@H](O)[C@H]1O. The van der Waals surface area contributed by atoms with Crippen LogP contribution < -0.4 is 0 Å². The molecule has 0 spiro atoms. The average Bonchev–Trinajstić information content (AvgIpc) is 2.15. The summed E-state index contributed by atoms with van der Waals surface area (Å²) in [5.41, 5.74) is -0.601. The summed E-state index contributed by atoms with van der Waals surface area (Å²) >= 11 is 1.22. The first-order chi connectivity index (χ1) is 6.11. The largest absolute Gasteiger partial charge is 0.394 e. The van der Waals surface area contributed by atoms with Crippen molar-refractivity contribution in [2.45, 2.75) is 29.9 Å². The van der Waals surface area contributed by atoms with Gasteiger partial charge >= 0.3 is 0 Å². The maximum absolute atomic E-state index is 9.38. The first kappa shape index (κ1) is 11.2. The molecule has 0 aromatic rings. The first-order valence-corrected chi connectivity index (χ1v) is 5.24. The minimum Gasteiger partial charge on any atom is -0.394 e. The summed E-state index contributed by atoms with van der Waals surface area (Å²) in [5, 5.41) is 36.8. The van der Waals surface area contributed by atoms with Crippen LogP contribution in [0.2, 0.25) is 0 Å². The van der Waals surface area contributed by atoms with Gasteiger partial charge in [0.2, 0.25) is 0 Å². The lowest BCUT2D eigenvalue weighted by molar-refractivity contribution is -0.205. The van der Waals surface area contributed by atoms with E-state index in [4.69, 9.17) is 9.84 Å². The van der Waals surface area contributed by atoms with E-state index in [1.165, 1.54) is 11.8 Å². The summed E-state index contributed by atoms with van der Waals surface area (Å²) in [4.78, 5) is 0. The molecule has 0 aliphatic carbocycles. The number of thioether (sulfide) groups is 1. The van der Waals surface area contributed by atoms with Crippen molar-refractivity contribution in [3.05, 3.63) is 0 Å². The van der Waals surface area contributed by atoms with Crippen molar-refractivity contribution in [2.24, 2.45) is 0 Å². The number of hydrogen-bond acceptors (Lipinski definition) is 6. The number of aliphatic hydroxyl groups is 4. The molecular weight excluding hydrogens is 196 g/mol. The molecule has 0 amide bonds. The molecule has 0 saturated carbocycles. The Bertz CT molecular complexity index is 147. The molecule has 1 saturated heterocycles. The number of ether oxygens (including phenoxy) is 1. The second kappa shape index (κ2) is 4.59. The molecule has 0 aromatic heterocycles. The van der Waals surface area contributed by atoms with Crippen LogP contribution >= 0.6 is 11.8 Å². The first-order valence-electron chi connectivity index (χ1n) is 3.95. The molecule has 5 atom stereocenters. The quantitative estimate of drug-likeness (QED) is 0.428. The number of aliphatic hydroxyl groups excluding tert-OH is 4. The topological polar surface area (TPSA) is 90.2 Å². The van der Waals surface area contributed by atoms with Crippen molar-refractivity contribution in [1.82, 2.24) is 0 Å². The lowest BCUT2D eigenvalue weighted by Crippen LogP contribution is -2.57. The Balaban J connectivity index is 2.66. The van der Waals surface area contributed by atoms with E-state index >= 15 is 0 Å². The summed E-state index contributed by atoms with van der Waals surface area (Å²) in [5.74, 6) is 0. The Kier molecular flexibility index (Phi) is 3.96. The highest BCUT2D eigenvalue weighted by atomic mass is 32.2. The van der Waals surface area contributed by atoms with Crippen LogP contribution in [0.1, 0.15) is 0 Å². The molecule has 13 heavy (non-hydrogen) atoms. The van der Waals surface area contributed by atoms with E-state index in [1.807, 2.05) is 0 Å². The van der Waals surface area contributed by atoms with E-state index in [0.29, 0.717) is 0 Å². The molecular formula is C7H14O5S. The molecule has 1 heterocycles. The normalized spacial score (nSPS) is 46.4. The Morgan fingerprint density at radius 3 is 2.23 bits per heavy atom. The fraction of sp³-hybridized carbons (Fsp3) is 1.00. The van der Waals surface area contributed by atoms with Crippen LogP contribution in [-0.4, -0.2) is 63.1 Å². The van der Waals surface area contributed by atoms with E-state index in [2.05, 4.69) is 0 Å². The van der Waals surface area contributed by atoms with Gasteiger partial charge in [0.15, 0.2) is 0 Å². The van der Waals surface area contributed by atoms with Gasteiger partial charge in [-0.2, -0.15) is 0 Å². The predicted octanol–water partition coefficient (Wildman–Crippen LogP) is -1.85. The van der Waals surface area contributed by atoms with Gasteiger partial charge in [-0.3, -0.25) is 0 Å². The predicted molar refractivity (Wildman–Crippen MR) is 47.3 cm³/mol. The third kappa shape index (κ3) is 2.15. The van der Waals surface area contributed by atoms with Crippen molar-refractivity contribution < 1.29 is 25.2 Å². The van der Waals surface area contributed by atoms with E-state index in [0.717, 1.165) is 0 Å². The third-order valence-electron chi connectivity index (χ3n) is 2.08. The van der Waals surface area contributed by atoms with Gasteiger partial charge in [-0.1, -0.05) is 0 Å². The second-order valence-electron chi connectivity index (χ2n) is 2.93. The smallest absolute Gasteiger partial charge is 0.132 e. The van der Waals surface area contributed by atoms with E-state index in [9.17, 15) is 15.3 Å². The highest BCUT2D eigenvalue weighted by Crippen LogP contribution is 2.26. The number of rotatable bonds is 2. The minimum absolute atomic E-state index is 0.373. The van der Waals surface area contributed by atoms with Crippen molar-refractivity contribution in [2.75, 3.05) is 12.9 Å². The summed E-state index contributed by atoms with van der Waals surface area (Å²) in [6.07, 6.45) is -2.72. The summed E-state index contributed by atoms with van der Waals surface area (Å²) in [6, 6.07) is 0. The minimum atomic E-state index is -1.26. The van der Waals surface area contributed by atoms with Gasteiger partial charge < -0.3 is 25.2 Å². The lowest BCUT2D eigenvalue weighted by atomic mass is 10.0. The third-order valence-corrected chi connectivity index (χ3v) is 2.94. The lowest BCUT2D eigenvalue weighted by Gasteiger charge is -2.39. The molecule has 78 valence electrons. The monoisotopic (exact) mass is 210 g/mol. The van der Waals surface area contributed by atoms with Crippen molar-refractivity contribution in [3.63, 3.8) is 0 Å². The van der Waals surface area contributed by atoms with E-state index in [-0.39, 0.29) is 6.61 Å². The zero-order chi connectivity index (χ0) is 10.0. The van der Waals surface area contributed by atoms with E-state index in [1.54, 1.807) is 6.26 Å². The van der Waals surface area contributed by atoms with Gasteiger partial charge in [0.05, 0.1) is 6.61 Å². The Morgan fingerprint density at radius 1 is 1.15 bits per heavy atom. The zero-order valence-corrected chi connectivity index (χ0v) is 8.02. The molecule has 0 unspecified atom stereocenters. The molecule has 0 bridgehead atoms. The molecule has 0 aromatic carbocycles. The molecule has 6 heteroatoms. The Morgan fingerprint density at radius 2 is 1.77 bits per heavy atom. The van der Waals surface area contributed by atoms with Crippen LogP contribution in [0, 0.1) is 0 Å². The van der Waals surface area contributed by atoms with Gasteiger partial charge in [0, 0.05) is 0 Å². The van der Waals surface area contributed by atoms with Crippen LogP contribution in [0.5, 0.6) is 0 Å². The summed E-state index contributed by atoms with van der Waals surface area (Å²) in [6.45, 7) is -0.373. The Labute approximate surface area is 80.3 Å². The second-order valence-corrected chi connectivity index (χ2v) is 3.87. The van der Waals surface area contributed by atoms with Crippen molar-refractivity contribution in [1.29, 1.82) is 0 Å². The van der Waals surface area contributed by atoms with Crippen LogP contribution in [-0.2, 0) is 4.74 Å². The van der Waals surface area contributed by atoms with Crippen molar-refractivity contribution in [3.8, 4) is 0 Å². The molecule has 1 aliphatic rings. The molecule has 1 aliphatic heterocycles. The molecule has 5 nitrogen and oxygen atoms in total. The maximum Gasteiger partial charge on any atom is 0.132 e. The fourth-order valence-electron chi connectivity index (χ4n) is 1.26. The average molecular weight is 210 g/mol. The standard InChI is InChI=1S/C7H14O5S/c1-13-7-6(11)5(10)4(9)3(2-8)12-7/h3-11H,2H2,1H3/t3-,4-,5+,6+,7-/m0/s1. The van der Waals surface area contributed by atoms with Crippen LogP contribution in [0.4, 0.5) is 0 Å². The van der Waals surface area contributed by atoms with Gasteiger partial charge in [0.1, 0.15) is 29.9 Å². The van der Waals surface area contributed by atoms with Gasteiger partial charge in [-0.05, 0) is 6.26 Å². The van der Waals surface area contributed by atoms with Crippen molar-refractivity contribution >= 4 is 11.8 Å². The van der Waals surface area contributed by atoms with Gasteiger partial charge in [0.25, 0.3) is 0 Å². The number of hydrogen-bond donors (Lipinski definition) is 4. The van der Waals surface area contributed by atoms with Crippen LogP contribution in [0.25, 0.3) is 0 Å². The summed E-state index contributed by atoms with van der Waals surface area (Å²) < 4.78 is 5.13. The summed E-state index contributed by atoms with van der Waals surface area (Å²) in [7, 11) is 0. The molecule has 1 rings (SSSR count). The molecule has 0 radical (unpaired) electrons.